The van der Waals surface area contributed by atoms with Gasteiger partial charge in [0.2, 0.25) is 5.91 Å². The first kappa shape index (κ1) is 22.3. The van der Waals surface area contributed by atoms with Crippen LogP contribution in [-0.2, 0) is 14.3 Å². The molecule has 7 heteroatoms. The van der Waals surface area contributed by atoms with Crippen molar-refractivity contribution >= 4 is 18.0 Å². The number of carbonyl (C=O) groups is 3. The molecule has 164 valence electrons. The quantitative estimate of drug-likeness (QED) is 0.708. The van der Waals surface area contributed by atoms with Crippen LogP contribution < -0.4 is 5.32 Å². The predicted molar refractivity (Wildman–Crippen MR) is 117 cm³/mol. The zero-order chi connectivity index (χ0) is 22.8. The molecular weight excluding hydrogens is 396 g/mol. The Bertz CT molecular complexity index is 955. The molecular formula is C24H28N2O5. The van der Waals surface area contributed by atoms with E-state index in [-0.39, 0.29) is 12.5 Å². The summed E-state index contributed by atoms with van der Waals surface area (Å²) in [5, 5.41) is 11.9. The van der Waals surface area contributed by atoms with Crippen molar-refractivity contribution in [3.05, 3.63) is 59.7 Å². The zero-order valence-electron chi connectivity index (χ0n) is 18.2. The van der Waals surface area contributed by atoms with Gasteiger partial charge in [-0.1, -0.05) is 55.5 Å². The number of likely N-dealkylation sites (N-methyl/N-ethyl adjacent to an activating group) is 1. The number of fused-ring (bicyclic) bond motifs is 3. The van der Waals surface area contributed by atoms with E-state index in [1.165, 1.54) is 20.9 Å². The van der Waals surface area contributed by atoms with Gasteiger partial charge >= 0.3 is 12.1 Å². The van der Waals surface area contributed by atoms with Crippen molar-refractivity contribution in [2.24, 2.45) is 0 Å². The predicted octanol–water partition coefficient (Wildman–Crippen LogP) is 3.63. The Kier molecular flexibility index (Phi) is 6.34. The number of amides is 2. The number of benzene rings is 2. The minimum absolute atomic E-state index is 0.0810. The van der Waals surface area contributed by atoms with Crippen molar-refractivity contribution < 1.29 is 24.2 Å². The zero-order valence-corrected chi connectivity index (χ0v) is 18.2. The molecule has 2 aromatic rings. The molecule has 0 aromatic heterocycles. The Morgan fingerprint density at radius 2 is 1.58 bits per heavy atom. The lowest BCUT2D eigenvalue weighted by molar-refractivity contribution is -0.156. The van der Waals surface area contributed by atoms with Crippen molar-refractivity contribution in [2.75, 3.05) is 13.7 Å². The molecule has 1 atom stereocenters. The summed E-state index contributed by atoms with van der Waals surface area (Å²) < 4.78 is 5.50. The molecule has 1 unspecified atom stereocenters. The lowest BCUT2D eigenvalue weighted by Crippen LogP contribution is -2.57. The highest BCUT2D eigenvalue weighted by Crippen LogP contribution is 2.44. The Morgan fingerprint density at radius 3 is 2.06 bits per heavy atom. The van der Waals surface area contributed by atoms with E-state index in [2.05, 4.69) is 17.4 Å². The van der Waals surface area contributed by atoms with Crippen molar-refractivity contribution in [1.29, 1.82) is 0 Å². The molecule has 0 spiro atoms. The normalized spacial score (nSPS) is 13.7. The molecule has 31 heavy (non-hydrogen) atoms. The molecule has 0 saturated carbocycles. The second-order valence-corrected chi connectivity index (χ2v) is 8.19. The van der Waals surface area contributed by atoms with Gasteiger partial charge in [0, 0.05) is 13.0 Å². The Morgan fingerprint density at radius 1 is 1.06 bits per heavy atom. The average Bonchev–Trinajstić information content (AvgIpc) is 3.08. The second-order valence-electron chi connectivity index (χ2n) is 8.19. The molecule has 0 fully saturated rings. The third-order valence-corrected chi connectivity index (χ3v) is 6.03. The number of nitrogens with one attached hydrogen (secondary N) is 1. The average molecular weight is 424 g/mol. The van der Waals surface area contributed by atoms with Crippen LogP contribution in [0.3, 0.4) is 0 Å². The summed E-state index contributed by atoms with van der Waals surface area (Å²) in [5.41, 5.74) is 3.07. The van der Waals surface area contributed by atoms with Gasteiger partial charge in [-0.15, -0.1) is 0 Å². The second kappa shape index (κ2) is 8.79. The fraction of sp³-hybridized carbons (Fsp3) is 0.375. The van der Waals surface area contributed by atoms with Crippen molar-refractivity contribution in [3.63, 3.8) is 0 Å². The maximum Gasteiger partial charge on any atom is 0.407 e. The summed E-state index contributed by atoms with van der Waals surface area (Å²) in [5.74, 6) is -1.69. The Labute approximate surface area is 182 Å². The first-order chi connectivity index (χ1) is 14.7. The smallest absolute Gasteiger partial charge is 0.407 e. The van der Waals surface area contributed by atoms with E-state index in [1.54, 1.807) is 6.92 Å². The van der Waals surface area contributed by atoms with E-state index < -0.39 is 29.6 Å². The molecule has 0 heterocycles. The van der Waals surface area contributed by atoms with Gasteiger partial charge in [-0.2, -0.15) is 0 Å². The van der Waals surface area contributed by atoms with Gasteiger partial charge < -0.3 is 20.1 Å². The van der Waals surface area contributed by atoms with Crippen LogP contribution in [0.5, 0.6) is 0 Å². The van der Waals surface area contributed by atoms with Gasteiger partial charge in [-0.05, 0) is 42.5 Å². The first-order valence-electron chi connectivity index (χ1n) is 10.3. The Balaban J connectivity index is 1.67. The van der Waals surface area contributed by atoms with Gasteiger partial charge in [0.15, 0.2) is 0 Å². The first-order valence-corrected chi connectivity index (χ1v) is 10.3. The van der Waals surface area contributed by atoms with Gasteiger partial charge in [0.25, 0.3) is 0 Å². The molecule has 0 bridgehead atoms. The third-order valence-electron chi connectivity index (χ3n) is 6.03. The molecule has 0 radical (unpaired) electrons. The number of aliphatic carboxylic acids is 1. The number of carboxylic acids is 1. The van der Waals surface area contributed by atoms with Crippen LogP contribution in [0.25, 0.3) is 11.1 Å². The summed E-state index contributed by atoms with van der Waals surface area (Å²) in [6.45, 7) is 4.76. The van der Waals surface area contributed by atoms with Crippen LogP contribution in [0.2, 0.25) is 0 Å². The van der Waals surface area contributed by atoms with Crippen molar-refractivity contribution in [2.45, 2.75) is 44.7 Å². The van der Waals surface area contributed by atoms with E-state index in [0.29, 0.717) is 6.42 Å². The molecule has 7 nitrogen and oxygen atoms in total. The highest BCUT2D eigenvalue weighted by Gasteiger charge is 2.38. The topological polar surface area (TPSA) is 95.9 Å². The van der Waals surface area contributed by atoms with E-state index in [1.807, 2.05) is 36.4 Å². The van der Waals surface area contributed by atoms with E-state index in [9.17, 15) is 19.5 Å². The number of alkyl carbamates (subject to hydrolysis) is 1. The van der Waals surface area contributed by atoms with Crippen LogP contribution in [0, 0.1) is 0 Å². The minimum atomic E-state index is -1.40. The molecule has 2 aromatic carbocycles. The van der Waals surface area contributed by atoms with Gasteiger partial charge in [-0.25, -0.2) is 9.59 Å². The van der Waals surface area contributed by atoms with Crippen molar-refractivity contribution in [3.8, 4) is 11.1 Å². The van der Waals surface area contributed by atoms with E-state index >= 15 is 0 Å². The summed E-state index contributed by atoms with van der Waals surface area (Å²) >= 11 is 0. The molecule has 2 amide bonds. The SMILES string of the molecule is CCC(NC(=O)OCC1c2ccccc2-c2ccccc21)C(=O)N(C)C(C)(C)C(=O)O. The standard InChI is InChI=1S/C24H28N2O5/c1-5-20(21(27)26(4)24(2,3)22(28)29)25-23(30)31-14-19-17-12-8-6-10-15(17)16-11-7-9-13-18(16)19/h6-13,19-20H,5,14H2,1-4H3,(H,25,30)(H,28,29). The molecule has 2 N–H and O–H groups in total. The lowest BCUT2D eigenvalue weighted by Gasteiger charge is -2.34. The monoisotopic (exact) mass is 424 g/mol. The van der Waals surface area contributed by atoms with E-state index in [0.717, 1.165) is 27.2 Å². The molecule has 0 saturated heterocycles. The molecule has 3 rings (SSSR count). The number of hydrogen-bond acceptors (Lipinski definition) is 4. The highest BCUT2D eigenvalue weighted by molar-refractivity contribution is 5.90. The van der Waals surface area contributed by atoms with Crippen molar-refractivity contribution in [1.82, 2.24) is 10.2 Å². The van der Waals surface area contributed by atoms with Gasteiger partial charge in [-0.3, -0.25) is 4.79 Å². The number of carboxylic acid groups (broad SMARTS) is 1. The fourth-order valence-electron chi connectivity index (χ4n) is 3.77. The maximum absolute atomic E-state index is 12.7. The maximum atomic E-state index is 12.7. The minimum Gasteiger partial charge on any atom is -0.480 e. The Hall–Kier alpha value is -3.35. The van der Waals surface area contributed by atoms with Crippen LogP contribution >= 0.6 is 0 Å². The van der Waals surface area contributed by atoms with Crippen LogP contribution in [-0.4, -0.2) is 53.2 Å². The largest absolute Gasteiger partial charge is 0.480 e. The van der Waals surface area contributed by atoms with Crippen LogP contribution in [0.4, 0.5) is 4.79 Å². The number of hydrogen-bond donors (Lipinski definition) is 2. The lowest BCUT2D eigenvalue weighted by atomic mass is 9.98. The van der Waals surface area contributed by atoms with Crippen LogP contribution in [0.15, 0.2) is 48.5 Å². The van der Waals surface area contributed by atoms with Crippen LogP contribution in [0.1, 0.15) is 44.2 Å². The van der Waals surface area contributed by atoms with Gasteiger partial charge in [0.05, 0.1) is 0 Å². The fourth-order valence-corrected chi connectivity index (χ4v) is 3.77. The summed E-state index contributed by atoms with van der Waals surface area (Å²) in [7, 11) is 1.42. The molecule has 0 aliphatic heterocycles. The number of rotatable bonds is 7. The van der Waals surface area contributed by atoms with E-state index in [4.69, 9.17) is 4.74 Å². The van der Waals surface area contributed by atoms with Gasteiger partial charge in [0.1, 0.15) is 18.2 Å². The number of nitrogens with zero attached hydrogens (tertiary/aromatic N) is 1. The number of ether oxygens (including phenoxy) is 1. The summed E-state index contributed by atoms with van der Waals surface area (Å²) in [6.07, 6.45) is -0.396. The molecule has 1 aliphatic carbocycles. The molecule has 1 aliphatic rings. The summed E-state index contributed by atoms with van der Waals surface area (Å²) in [6, 6.07) is 15.2. The summed E-state index contributed by atoms with van der Waals surface area (Å²) in [4.78, 5) is 37.8. The number of carbonyl (C=O) groups excluding carboxylic acids is 2. The third kappa shape index (κ3) is 4.26. The highest BCUT2D eigenvalue weighted by atomic mass is 16.5.